The van der Waals surface area contributed by atoms with Gasteiger partial charge in [-0.15, -0.1) is 0 Å². The number of rotatable bonds is 4. The normalized spacial score (nSPS) is 16.9. The van der Waals surface area contributed by atoms with E-state index in [1.165, 1.54) is 28.6 Å². The first-order valence-electron chi connectivity index (χ1n) is 10.2. The van der Waals surface area contributed by atoms with Crippen molar-refractivity contribution in [3.63, 3.8) is 0 Å². The molecule has 9 heteroatoms. The molecule has 1 aliphatic rings. The molecule has 0 bridgehead atoms. The Morgan fingerprint density at radius 1 is 1.00 bits per heavy atom. The number of hydrogen-bond acceptors (Lipinski definition) is 4. The summed E-state index contributed by atoms with van der Waals surface area (Å²) in [7, 11) is -3.75. The SMILES string of the molecule is O=C1CCN(S(=O)(=O)c2ccccc2)CCCN(C(=O)Cc2cccc(F)c2)CCN1. The molecular formula is C22H26FN3O4S. The van der Waals surface area contributed by atoms with Gasteiger partial charge in [0.15, 0.2) is 0 Å². The third-order valence-electron chi connectivity index (χ3n) is 5.11. The second-order valence-corrected chi connectivity index (χ2v) is 9.30. The molecule has 1 heterocycles. The predicted molar refractivity (Wildman–Crippen MR) is 114 cm³/mol. The Balaban J connectivity index is 1.72. The fraction of sp³-hybridized carbons (Fsp3) is 0.364. The summed E-state index contributed by atoms with van der Waals surface area (Å²) in [6.45, 7) is 1.18. The average molecular weight is 448 g/mol. The molecule has 31 heavy (non-hydrogen) atoms. The van der Waals surface area contributed by atoms with E-state index in [9.17, 15) is 22.4 Å². The van der Waals surface area contributed by atoms with Gasteiger partial charge in [0.05, 0.1) is 11.3 Å². The van der Waals surface area contributed by atoms with Crippen molar-refractivity contribution in [3.05, 3.63) is 66.0 Å². The number of carbonyl (C=O) groups is 2. The van der Waals surface area contributed by atoms with Crippen LogP contribution in [-0.2, 0) is 26.0 Å². The number of benzene rings is 2. The summed E-state index contributed by atoms with van der Waals surface area (Å²) in [5.41, 5.74) is 0.566. The minimum Gasteiger partial charge on any atom is -0.354 e. The van der Waals surface area contributed by atoms with Crippen molar-refractivity contribution < 1.29 is 22.4 Å². The van der Waals surface area contributed by atoms with E-state index in [2.05, 4.69) is 5.32 Å². The van der Waals surface area contributed by atoms with Crippen molar-refractivity contribution in [2.75, 3.05) is 32.7 Å². The van der Waals surface area contributed by atoms with Gasteiger partial charge in [0.2, 0.25) is 21.8 Å². The Bertz CT molecular complexity index is 1010. The summed E-state index contributed by atoms with van der Waals surface area (Å²) >= 11 is 0. The molecule has 0 atom stereocenters. The maximum Gasteiger partial charge on any atom is 0.243 e. The van der Waals surface area contributed by atoms with Crippen molar-refractivity contribution in [2.24, 2.45) is 0 Å². The molecule has 0 spiro atoms. The summed E-state index contributed by atoms with van der Waals surface area (Å²) in [4.78, 5) is 26.7. The van der Waals surface area contributed by atoms with Crippen molar-refractivity contribution in [1.29, 1.82) is 0 Å². The van der Waals surface area contributed by atoms with E-state index in [-0.39, 0.29) is 49.2 Å². The second kappa shape index (κ2) is 10.5. The Morgan fingerprint density at radius 3 is 2.52 bits per heavy atom. The molecule has 1 N–H and O–H groups in total. The van der Waals surface area contributed by atoms with Crippen LogP contribution in [0.4, 0.5) is 4.39 Å². The molecule has 0 aromatic heterocycles. The Labute approximate surface area is 181 Å². The van der Waals surface area contributed by atoms with E-state index in [0.29, 0.717) is 25.1 Å². The molecular weight excluding hydrogens is 421 g/mol. The van der Waals surface area contributed by atoms with E-state index in [1.54, 1.807) is 35.2 Å². The Morgan fingerprint density at radius 2 is 1.77 bits per heavy atom. The summed E-state index contributed by atoms with van der Waals surface area (Å²) in [5.74, 6) is -0.874. The molecule has 2 aromatic rings. The first-order valence-corrected chi connectivity index (χ1v) is 11.6. The monoisotopic (exact) mass is 447 g/mol. The standard InChI is InChI=1S/C22H26FN3O4S/c23-19-7-4-6-18(16-19)17-22(28)25-12-5-13-26(14-10-21(27)24-11-15-25)31(29,30)20-8-2-1-3-9-20/h1-4,6-9,16H,5,10-15,17H2,(H,24,27). The molecule has 2 aromatic carbocycles. The highest BCUT2D eigenvalue weighted by molar-refractivity contribution is 7.89. The van der Waals surface area contributed by atoms with E-state index in [4.69, 9.17) is 0 Å². The first-order chi connectivity index (χ1) is 14.9. The van der Waals surface area contributed by atoms with E-state index >= 15 is 0 Å². The number of hydrogen-bond donors (Lipinski definition) is 1. The van der Waals surface area contributed by atoms with Crippen LogP contribution >= 0.6 is 0 Å². The van der Waals surface area contributed by atoms with Crippen molar-refractivity contribution in [2.45, 2.75) is 24.2 Å². The van der Waals surface area contributed by atoms with Gasteiger partial charge in [-0.25, -0.2) is 12.8 Å². The van der Waals surface area contributed by atoms with Crippen molar-refractivity contribution in [1.82, 2.24) is 14.5 Å². The molecule has 0 saturated carbocycles. The largest absolute Gasteiger partial charge is 0.354 e. The summed E-state index contributed by atoms with van der Waals surface area (Å²) in [6, 6.07) is 14.0. The van der Waals surface area contributed by atoms with Crippen LogP contribution in [0.2, 0.25) is 0 Å². The number of nitrogens with one attached hydrogen (secondary N) is 1. The molecule has 3 rings (SSSR count). The third-order valence-corrected chi connectivity index (χ3v) is 7.02. The minimum absolute atomic E-state index is 0.0394. The van der Waals surface area contributed by atoms with Crippen LogP contribution in [0.25, 0.3) is 0 Å². The second-order valence-electron chi connectivity index (χ2n) is 7.36. The number of halogens is 1. The highest BCUT2D eigenvalue weighted by Crippen LogP contribution is 2.17. The summed E-state index contributed by atoms with van der Waals surface area (Å²) in [6.07, 6.45) is 0.510. The van der Waals surface area contributed by atoms with Crippen LogP contribution in [0, 0.1) is 5.82 Å². The lowest BCUT2D eigenvalue weighted by molar-refractivity contribution is -0.131. The topological polar surface area (TPSA) is 86.8 Å². The maximum atomic E-state index is 13.4. The molecule has 7 nitrogen and oxygen atoms in total. The van der Waals surface area contributed by atoms with E-state index in [0.717, 1.165) is 0 Å². The number of sulfonamides is 1. The molecule has 0 aliphatic carbocycles. The van der Waals surface area contributed by atoms with E-state index < -0.39 is 15.8 Å². The van der Waals surface area contributed by atoms with Crippen LogP contribution in [0.5, 0.6) is 0 Å². The van der Waals surface area contributed by atoms with Gasteiger partial charge in [-0.1, -0.05) is 30.3 Å². The Hall–Kier alpha value is -2.78. The van der Waals surface area contributed by atoms with Crippen LogP contribution in [-0.4, -0.2) is 62.2 Å². The molecule has 2 amide bonds. The first kappa shape index (κ1) is 22.9. The highest BCUT2D eigenvalue weighted by Gasteiger charge is 2.26. The van der Waals surface area contributed by atoms with Gasteiger partial charge >= 0.3 is 0 Å². The van der Waals surface area contributed by atoms with Gasteiger partial charge in [0, 0.05) is 39.1 Å². The van der Waals surface area contributed by atoms with Gasteiger partial charge in [-0.05, 0) is 36.2 Å². The van der Waals surface area contributed by atoms with Gasteiger partial charge in [0.1, 0.15) is 5.82 Å². The lowest BCUT2D eigenvalue weighted by Gasteiger charge is -2.25. The molecule has 1 saturated heterocycles. The zero-order chi connectivity index (χ0) is 22.3. The van der Waals surface area contributed by atoms with Crippen LogP contribution in [0.1, 0.15) is 18.4 Å². The number of amides is 2. The molecule has 0 unspecified atom stereocenters. The van der Waals surface area contributed by atoms with Gasteiger partial charge in [0.25, 0.3) is 0 Å². The van der Waals surface area contributed by atoms with Gasteiger partial charge < -0.3 is 10.2 Å². The average Bonchev–Trinajstić information content (AvgIpc) is 2.79. The molecule has 0 radical (unpaired) electrons. The predicted octanol–water partition coefficient (Wildman–Crippen LogP) is 1.80. The quantitative estimate of drug-likeness (QED) is 0.774. The fourth-order valence-corrected chi connectivity index (χ4v) is 4.97. The van der Waals surface area contributed by atoms with Gasteiger partial charge in [-0.2, -0.15) is 4.31 Å². The van der Waals surface area contributed by atoms with Crippen LogP contribution in [0.3, 0.4) is 0 Å². The number of nitrogens with zero attached hydrogens (tertiary/aromatic N) is 2. The lowest BCUT2D eigenvalue weighted by atomic mass is 10.1. The third kappa shape index (κ3) is 6.35. The van der Waals surface area contributed by atoms with Crippen molar-refractivity contribution >= 4 is 21.8 Å². The van der Waals surface area contributed by atoms with Gasteiger partial charge in [-0.3, -0.25) is 9.59 Å². The summed E-state index contributed by atoms with van der Waals surface area (Å²) < 4.78 is 40.7. The Kier molecular flexibility index (Phi) is 7.75. The van der Waals surface area contributed by atoms with Crippen LogP contribution < -0.4 is 5.32 Å². The minimum atomic E-state index is -3.75. The fourth-order valence-electron chi connectivity index (χ4n) is 3.47. The molecule has 1 fully saturated rings. The highest BCUT2D eigenvalue weighted by atomic mass is 32.2. The van der Waals surface area contributed by atoms with E-state index in [1.807, 2.05) is 0 Å². The number of carbonyl (C=O) groups excluding carboxylic acids is 2. The van der Waals surface area contributed by atoms with Crippen LogP contribution in [0.15, 0.2) is 59.5 Å². The zero-order valence-electron chi connectivity index (χ0n) is 17.2. The zero-order valence-corrected chi connectivity index (χ0v) is 18.0. The summed E-state index contributed by atoms with van der Waals surface area (Å²) in [5, 5.41) is 2.74. The lowest BCUT2D eigenvalue weighted by Crippen LogP contribution is -2.40. The molecule has 1 aliphatic heterocycles. The van der Waals surface area contributed by atoms with Crippen molar-refractivity contribution in [3.8, 4) is 0 Å². The molecule has 166 valence electrons. The maximum absolute atomic E-state index is 13.4. The smallest absolute Gasteiger partial charge is 0.243 e.